The third-order valence-corrected chi connectivity index (χ3v) is 6.00. The summed E-state index contributed by atoms with van der Waals surface area (Å²) in [6.45, 7) is 9.87. The zero-order valence-corrected chi connectivity index (χ0v) is 13.3. The first-order valence-electron chi connectivity index (χ1n) is 6.24. The SMILES string of the molecule is CCN(CC)CC(C)NS(=O)(=O)c1sc(=O)[nH]c1C. The minimum Gasteiger partial charge on any atom is -0.315 e. The molecule has 0 spiro atoms. The highest BCUT2D eigenvalue weighted by molar-refractivity contribution is 7.91. The second-order valence-electron chi connectivity index (χ2n) is 4.44. The van der Waals surface area contributed by atoms with Gasteiger partial charge >= 0.3 is 4.87 Å². The first-order valence-corrected chi connectivity index (χ1v) is 8.54. The van der Waals surface area contributed by atoms with Gasteiger partial charge in [0.05, 0.1) is 0 Å². The van der Waals surface area contributed by atoms with Gasteiger partial charge in [0.15, 0.2) is 4.21 Å². The molecular weight excluding hydrogens is 286 g/mol. The monoisotopic (exact) mass is 307 g/mol. The van der Waals surface area contributed by atoms with Gasteiger partial charge in [-0.25, -0.2) is 13.1 Å². The van der Waals surface area contributed by atoms with E-state index in [2.05, 4.69) is 14.6 Å². The topological polar surface area (TPSA) is 82.3 Å². The summed E-state index contributed by atoms with van der Waals surface area (Å²) >= 11 is 0.719. The maximum Gasteiger partial charge on any atom is 0.305 e. The molecule has 0 aromatic carbocycles. The van der Waals surface area contributed by atoms with E-state index in [1.54, 1.807) is 6.92 Å². The van der Waals surface area contributed by atoms with E-state index in [9.17, 15) is 13.2 Å². The number of nitrogens with one attached hydrogen (secondary N) is 2. The minimum absolute atomic E-state index is 0.0731. The molecule has 19 heavy (non-hydrogen) atoms. The van der Waals surface area contributed by atoms with Gasteiger partial charge in [0.1, 0.15) is 0 Å². The van der Waals surface area contributed by atoms with Crippen molar-refractivity contribution in [1.82, 2.24) is 14.6 Å². The standard InChI is InChI=1S/C11H21N3O3S2/c1-5-14(6-2)7-8(3)13-19(16,17)10-9(4)12-11(15)18-10/h8,13H,5-7H2,1-4H3,(H,12,15). The van der Waals surface area contributed by atoms with Crippen LogP contribution in [0.5, 0.6) is 0 Å². The fourth-order valence-electron chi connectivity index (χ4n) is 1.87. The van der Waals surface area contributed by atoms with Crippen LogP contribution in [-0.2, 0) is 10.0 Å². The average molecular weight is 307 g/mol. The third kappa shape index (κ3) is 4.41. The quantitative estimate of drug-likeness (QED) is 0.779. The van der Waals surface area contributed by atoms with Gasteiger partial charge in [0, 0.05) is 18.3 Å². The van der Waals surface area contributed by atoms with E-state index in [1.165, 1.54) is 0 Å². The fraction of sp³-hybridized carbons (Fsp3) is 0.727. The molecule has 6 nitrogen and oxygen atoms in total. The molecule has 8 heteroatoms. The zero-order chi connectivity index (χ0) is 14.6. The van der Waals surface area contributed by atoms with Crippen molar-refractivity contribution in [1.29, 1.82) is 0 Å². The van der Waals surface area contributed by atoms with Crippen LogP contribution in [0.4, 0.5) is 0 Å². The predicted octanol–water partition coefficient (Wildman–Crippen LogP) is 0.753. The number of hydrogen-bond acceptors (Lipinski definition) is 5. The van der Waals surface area contributed by atoms with E-state index >= 15 is 0 Å². The van der Waals surface area contributed by atoms with Gasteiger partial charge in [0.25, 0.3) is 10.0 Å². The van der Waals surface area contributed by atoms with Crippen molar-refractivity contribution in [2.75, 3.05) is 19.6 Å². The van der Waals surface area contributed by atoms with Crippen LogP contribution < -0.4 is 9.60 Å². The van der Waals surface area contributed by atoms with Gasteiger partial charge in [-0.1, -0.05) is 25.2 Å². The third-order valence-electron chi connectivity index (χ3n) is 2.81. The van der Waals surface area contributed by atoms with Crippen LogP contribution in [0, 0.1) is 6.92 Å². The Bertz CT molecular complexity index is 558. The van der Waals surface area contributed by atoms with Crippen molar-refractivity contribution in [3.63, 3.8) is 0 Å². The Balaban J connectivity index is 2.80. The van der Waals surface area contributed by atoms with Crippen LogP contribution in [0.1, 0.15) is 26.5 Å². The van der Waals surface area contributed by atoms with Gasteiger partial charge in [-0.3, -0.25) is 4.79 Å². The molecule has 0 saturated heterocycles. The van der Waals surface area contributed by atoms with Crippen molar-refractivity contribution in [3.8, 4) is 0 Å². The minimum atomic E-state index is -3.62. The number of nitrogens with zero attached hydrogens (tertiary/aromatic N) is 1. The fourth-order valence-corrected chi connectivity index (χ4v) is 4.42. The number of H-pyrrole nitrogens is 1. The first kappa shape index (κ1) is 16.4. The Labute approximate surface area is 117 Å². The highest BCUT2D eigenvalue weighted by Gasteiger charge is 2.23. The van der Waals surface area contributed by atoms with E-state index in [0.29, 0.717) is 12.2 Å². The Kier molecular flexibility index (Phi) is 5.72. The normalized spacial score (nSPS) is 13.9. The Morgan fingerprint density at radius 3 is 2.37 bits per heavy atom. The summed E-state index contributed by atoms with van der Waals surface area (Å²) in [5, 5.41) is 0. The van der Waals surface area contributed by atoms with E-state index in [4.69, 9.17) is 0 Å². The summed E-state index contributed by atoms with van der Waals surface area (Å²) in [5.74, 6) is 0. The maximum atomic E-state index is 12.2. The van der Waals surface area contributed by atoms with Crippen LogP contribution in [0.3, 0.4) is 0 Å². The first-order chi connectivity index (χ1) is 8.80. The van der Waals surface area contributed by atoms with Gasteiger partial charge < -0.3 is 9.88 Å². The van der Waals surface area contributed by atoms with Crippen molar-refractivity contribution < 1.29 is 8.42 Å². The van der Waals surface area contributed by atoms with E-state index in [0.717, 1.165) is 24.4 Å². The number of sulfonamides is 1. The summed E-state index contributed by atoms with van der Waals surface area (Å²) in [5.41, 5.74) is 0.387. The molecule has 0 bridgehead atoms. The lowest BCUT2D eigenvalue weighted by Gasteiger charge is -2.23. The number of rotatable bonds is 7. The van der Waals surface area contributed by atoms with Gasteiger partial charge in [0.2, 0.25) is 0 Å². The molecule has 0 fully saturated rings. The van der Waals surface area contributed by atoms with E-state index in [-0.39, 0.29) is 15.1 Å². The lowest BCUT2D eigenvalue weighted by Crippen LogP contribution is -2.41. The van der Waals surface area contributed by atoms with E-state index < -0.39 is 10.0 Å². The summed E-state index contributed by atoms with van der Waals surface area (Å²) in [4.78, 5) is 15.4. The van der Waals surface area contributed by atoms with Crippen LogP contribution in [0.15, 0.2) is 9.00 Å². The molecule has 1 aromatic heterocycles. The number of thiazole rings is 1. The summed E-state index contributed by atoms with van der Waals surface area (Å²) in [7, 11) is -3.62. The van der Waals surface area contributed by atoms with Crippen molar-refractivity contribution in [3.05, 3.63) is 15.4 Å². The second-order valence-corrected chi connectivity index (χ2v) is 7.33. The summed E-state index contributed by atoms with van der Waals surface area (Å²) in [6.07, 6.45) is 0. The highest BCUT2D eigenvalue weighted by atomic mass is 32.2. The Morgan fingerprint density at radius 1 is 1.37 bits per heavy atom. The number of aryl methyl sites for hydroxylation is 1. The van der Waals surface area contributed by atoms with Crippen LogP contribution in [-0.4, -0.2) is 44.0 Å². The lowest BCUT2D eigenvalue weighted by atomic mass is 10.3. The highest BCUT2D eigenvalue weighted by Crippen LogP contribution is 2.15. The van der Waals surface area contributed by atoms with Crippen molar-refractivity contribution in [2.24, 2.45) is 0 Å². The molecule has 0 radical (unpaired) electrons. The second kappa shape index (κ2) is 6.65. The van der Waals surface area contributed by atoms with E-state index in [1.807, 2.05) is 20.8 Å². The number of likely N-dealkylation sites (N-methyl/N-ethyl adjacent to an activating group) is 1. The van der Waals surface area contributed by atoms with Crippen LogP contribution in [0.25, 0.3) is 0 Å². The molecule has 2 N–H and O–H groups in total. The molecule has 1 unspecified atom stereocenters. The molecule has 1 rings (SSSR count). The van der Waals surface area contributed by atoms with Crippen molar-refractivity contribution >= 4 is 21.4 Å². The Morgan fingerprint density at radius 2 is 1.95 bits per heavy atom. The smallest absolute Gasteiger partial charge is 0.305 e. The number of hydrogen-bond donors (Lipinski definition) is 2. The zero-order valence-electron chi connectivity index (χ0n) is 11.7. The molecule has 110 valence electrons. The van der Waals surface area contributed by atoms with Crippen LogP contribution in [0.2, 0.25) is 0 Å². The molecule has 0 saturated carbocycles. The van der Waals surface area contributed by atoms with Crippen LogP contribution >= 0.6 is 11.3 Å². The molecule has 0 aliphatic carbocycles. The Hall–Kier alpha value is -0.700. The molecule has 0 aliphatic rings. The summed E-state index contributed by atoms with van der Waals surface area (Å²) in [6, 6.07) is -0.207. The molecule has 1 atom stereocenters. The predicted molar refractivity (Wildman–Crippen MR) is 77.2 cm³/mol. The molecule has 1 heterocycles. The average Bonchev–Trinajstić information content (AvgIpc) is 2.65. The number of aromatic nitrogens is 1. The molecule has 1 aromatic rings. The largest absolute Gasteiger partial charge is 0.315 e. The lowest BCUT2D eigenvalue weighted by molar-refractivity contribution is 0.282. The van der Waals surface area contributed by atoms with Crippen molar-refractivity contribution in [2.45, 2.75) is 37.9 Å². The van der Waals surface area contributed by atoms with Gasteiger partial charge in [-0.05, 0) is 26.9 Å². The van der Waals surface area contributed by atoms with Gasteiger partial charge in [-0.2, -0.15) is 0 Å². The molecule has 0 amide bonds. The van der Waals surface area contributed by atoms with Gasteiger partial charge in [-0.15, -0.1) is 0 Å². The number of aromatic amines is 1. The summed E-state index contributed by atoms with van der Waals surface area (Å²) < 4.78 is 27.0. The molecule has 0 aliphatic heterocycles. The maximum absolute atomic E-state index is 12.2. The molecular formula is C11H21N3O3S2.